The lowest BCUT2D eigenvalue weighted by Gasteiger charge is -2.23. The zero-order chi connectivity index (χ0) is 23.8. The predicted octanol–water partition coefficient (Wildman–Crippen LogP) is 7.44. The molecule has 0 saturated heterocycles. The van der Waals surface area contributed by atoms with Gasteiger partial charge in [0.25, 0.3) is 5.56 Å². The van der Waals surface area contributed by atoms with Gasteiger partial charge in [-0.1, -0.05) is 104 Å². The van der Waals surface area contributed by atoms with Crippen molar-refractivity contribution in [2.24, 2.45) is 0 Å². The molecule has 3 nitrogen and oxygen atoms in total. The summed E-state index contributed by atoms with van der Waals surface area (Å²) in [5, 5.41) is 2.66. The Kier molecular flexibility index (Phi) is 5.23. The van der Waals surface area contributed by atoms with Crippen LogP contribution in [0.15, 0.2) is 120 Å². The van der Waals surface area contributed by atoms with Crippen molar-refractivity contribution in [1.82, 2.24) is 9.55 Å². The minimum atomic E-state index is -0.0352. The summed E-state index contributed by atoms with van der Waals surface area (Å²) < 4.78 is 1.91. The second-order valence-electron chi connectivity index (χ2n) is 8.64. The molecule has 0 saturated carbocycles. The Labute approximate surface area is 204 Å². The number of hydrogen-bond acceptors (Lipinski definition) is 2. The molecule has 4 aromatic carbocycles. The Bertz CT molecular complexity index is 1740. The zero-order valence-electron chi connectivity index (χ0n) is 19.5. The fourth-order valence-electron chi connectivity index (χ4n) is 5.04. The molecule has 168 valence electrons. The van der Waals surface area contributed by atoms with E-state index in [1.807, 2.05) is 65.2 Å². The van der Waals surface area contributed by atoms with Crippen LogP contribution in [-0.4, -0.2) is 9.55 Å². The van der Waals surface area contributed by atoms with Gasteiger partial charge in [-0.25, -0.2) is 0 Å². The SMILES string of the molecule is CCc1ccc2cccnc2c1-n1c(-c2ccccc2)c(-c2ccccc2)c2ccccc2c1=O. The highest BCUT2D eigenvalue weighted by Gasteiger charge is 2.23. The van der Waals surface area contributed by atoms with E-state index in [1.54, 1.807) is 6.20 Å². The second-order valence-corrected chi connectivity index (χ2v) is 8.64. The van der Waals surface area contributed by atoms with E-state index in [0.29, 0.717) is 5.39 Å². The first-order valence-electron chi connectivity index (χ1n) is 11.9. The van der Waals surface area contributed by atoms with E-state index in [9.17, 15) is 4.79 Å². The molecule has 0 amide bonds. The Morgan fingerprint density at radius 2 is 1.34 bits per heavy atom. The number of hydrogen-bond donors (Lipinski definition) is 0. The molecule has 0 atom stereocenters. The average molecular weight is 453 g/mol. The number of aryl methyl sites for hydroxylation is 1. The van der Waals surface area contributed by atoms with Crippen LogP contribution in [0.4, 0.5) is 0 Å². The summed E-state index contributed by atoms with van der Waals surface area (Å²) in [6, 6.07) is 36.7. The molecule has 0 aliphatic rings. The number of nitrogens with zero attached hydrogens (tertiary/aromatic N) is 2. The number of aromatic nitrogens is 2. The third-order valence-electron chi connectivity index (χ3n) is 6.64. The van der Waals surface area contributed by atoms with Gasteiger partial charge in [-0.15, -0.1) is 0 Å². The Hall–Kier alpha value is -4.50. The molecule has 0 aliphatic carbocycles. The number of benzene rings is 4. The molecular weight excluding hydrogens is 428 g/mol. The minimum Gasteiger partial charge on any atom is -0.273 e. The zero-order valence-corrected chi connectivity index (χ0v) is 19.5. The Morgan fingerprint density at radius 1 is 0.686 bits per heavy atom. The third kappa shape index (κ3) is 3.44. The lowest BCUT2D eigenvalue weighted by molar-refractivity contribution is 0.984. The van der Waals surface area contributed by atoms with Gasteiger partial charge in [-0.3, -0.25) is 14.3 Å². The molecule has 3 heteroatoms. The normalized spacial score (nSPS) is 11.2. The quantitative estimate of drug-likeness (QED) is 0.279. The number of rotatable bonds is 4. The second kappa shape index (κ2) is 8.69. The smallest absolute Gasteiger partial charge is 0.263 e. The first-order chi connectivity index (χ1) is 17.3. The molecule has 0 N–H and O–H groups in total. The van der Waals surface area contributed by atoms with Gasteiger partial charge in [0.1, 0.15) is 0 Å². The highest BCUT2D eigenvalue weighted by atomic mass is 16.1. The predicted molar refractivity (Wildman–Crippen MR) is 145 cm³/mol. The molecule has 0 spiro atoms. The van der Waals surface area contributed by atoms with E-state index in [4.69, 9.17) is 4.98 Å². The highest BCUT2D eigenvalue weighted by Crippen LogP contribution is 2.39. The first kappa shape index (κ1) is 21.1. The van der Waals surface area contributed by atoms with Gasteiger partial charge >= 0.3 is 0 Å². The maximum absolute atomic E-state index is 14.4. The standard InChI is InChI=1S/C32H24N2O/c1-2-22-19-20-24-16-11-21-33-29(24)31(22)34-30(25-14-7-4-8-15-25)28(23-12-5-3-6-13-23)26-17-9-10-18-27(26)32(34)35/h3-21H,2H2,1H3. The van der Waals surface area contributed by atoms with Crippen LogP contribution in [0.3, 0.4) is 0 Å². The summed E-state index contributed by atoms with van der Waals surface area (Å²) in [4.78, 5) is 19.1. The van der Waals surface area contributed by atoms with Crippen LogP contribution in [0.5, 0.6) is 0 Å². The van der Waals surface area contributed by atoms with Crippen molar-refractivity contribution in [2.75, 3.05) is 0 Å². The molecule has 0 bridgehead atoms. The number of fused-ring (bicyclic) bond motifs is 2. The van der Waals surface area contributed by atoms with Crippen molar-refractivity contribution in [3.05, 3.63) is 131 Å². The molecule has 0 aliphatic heterocycles. The van der Waals surface area contributed by atoms with E-state index in [2.05, 4.69) is 55.5 Å². The van der Waals surface area contributed by atoms with E-state index in [0.717, 1.165) is 56.3 Å². The summed E-state index contributed by atoms with van der Waals surface area (Å²) in [5.41, 5.74) is 6.73. The minimum absolute atomic E-state index is 0.0352. The first-order valence-corrected chi connectivity index (χ1v) is 11.9. The molecule has 0 fully saturated rings. The summed E-state index contributed by atoms with van der Waals surface area (Å²) in [5.74, 6) is 0. The third-order valence-corrected chi connectivity index (χ3v) is 6.64. The topological polar surface area (TPSA) is 34.9 Å². The molecule has 0 unspecified atom stereocenters. The van der Waals surface area contributed by atoms with Crippen LogP contribution >= 0.6 is 0 Å². The summed E-state index contributed by atoms with van der Waals surface area (Å²) >= 11 is 0. The van der Waals surface area contributed by atoms with E-state index >= 15 is 0 Å². The van der Waals surface area contributed by atoms with Crippen molar-refractivity contribution in [3.8, 4) is 28.1 Å². The summed E-state index contributed by atoms with van der Waals surface area (Å²) in [6.07, 6.45) is 2.59. The molecule has 6 rings (SSSR count). The summed E-state index contributed by atoms with van der Waals surface area (Å²) in [7, 11) is 0. The van der Waals surface area contributed by atoms with Gasteiger partial charge in [0.15, 0.2) is 0 Å². The Morgan fingerprint density at radius 3 is 2.06 bits per heavy atom. The molecule has 6 aromatic rings. The van der Waals surface area contributed by atoms with Gasteiger partial charge in [-0.2, -0.15) is 0 Å². The van der Waals surface area contributed by atoms with Crippen molar-refractivity contribution < 1.29 is 0 Å². The highest BCUT2D eigenvalue weighted by molar-refractivity contribution is 6.04. The van der Waals surface area contributed by atoms with Crippen LogP contribution in [0.1, 0.15) is 12.5 Å². The van der Waals surface area contributed by atoms with E-state index in [1.165, 1.54) is 0 Å². The molecule has 0 radical (unpaired) electrons. The Balaban J connectivity index is 1.91. The fourth-order valence-corrected chi connectivity index (χ4v) is 5.04. The summed E-state index contributed by atoms with van der Waals surface area (Å²) in [6.45, 7) is 2.12. The largest absolute Gasteiger partial charge is 0.273 e. The van der Waals surface area contributed by atoms with Crippen molar-refractivity contribution in [2.45, 2.75) is 13.3 Å². The van der Waals surface area contributed by atoms with Crippen LogP contribution in [0, 0.1) is 0 Å². The van der Waals surface area contributed by atoms with Crippen LogP contribution in [0.25, 0.3) is 49.7 Å². The van der Waals surface area contributed by atoms with Crippen LogP contribution in [0.2, 0.25) is 0 Å². The average Bonchev–Trinajstić information content (AvgIpc) is 2.93. The molecular formula is C32H24N2O. The van der Waals surface area contributed by atoms with Gasteiger partial charge in [0, 0.05) is 22.5 Å². The number of pyridine rings is 2. The van der Waals surface area contributed by atoms with Crippen LogP contribution in [-0.2, 0) is 6.42 Å². The maximum atomic E-state index is 14.4. The molecule has 2 heterocycles. The van der Waals surface area contributed by atoms with Crippen molar-refractivity contribution in [1.29, 1.82) is 0 Å². The fraction of sp³-hybridized carbons (Fsp3) is 0.0625. The molecule has 2 aromatic heterocycles. The van der Waals surface area contributed by atoms with Crippen LogP contribution < -0.4 is 5.56 Å². The van der Waals surface area contributed by atoms with Crippen molar-refractivity contribution >= 4 is 21.7 Å². The maximum Gasteiger partial charge on any atom is 0.263 e. The monoisotopic (exact) mass is 452 g/mol. The van der Waals surface area contributed by atoms with Gasteiger partial charge in [-0.05, 0) is 40.6 Å². The van der Waals surface area contributed by atoms with Gasteiger partial charge in [0.2, 0.25) is 0 Å². The van der Waals surface area contributed by atoms with E-state index in [-0.39, 0.29) is 5.56 Å². The van der Waals surface area contributed by atoms with Gasteiger partial charge in [0.05, 0.1) is 16.9 Å². The van der Waals surface area contributed by atoms with Gasteiger partial charge < -0.3 is 0 Å². The lowest BCUT2D eigenvalue weighted by Crippen LogP contribution is -2.23. The van der Waals surface area contributed by atoms with Crippen molar-refractivity contribution in [3.63, 3.8) is 0 Å². The lowest BCUT2D eigenvalue weighted by atomic mass is 9.92. The van der Waals surface area contributed by atoms with E-state index < -0.39 is 0 Å². The molecule has 35 heavy (non-hydrogen) atoms.